The van der Waals surface area contributed by atoms with Crippen molar-refractivity contribution in [3.8, 4) is 0 Å². The standard InChI is InChI=1S/C12H18ClNO2S/c1-10(2)14(9-8-13)17(15,16)12-7-5-4-6-11(12)3/h4-7,10H,8-9H2,1-3H3. The van der Waals surface area contributed by atoms with Gasteiger partial charge < -0.3 is 0 Å². The van der Waals surface area contributed by atoms with Gasteiger partial charge in [0.1, 0.15) is 0 Å². The van der Waals surface area contributed by atoms with Gasteiger partial charge in [-0.05, 0) is 32.4 Å². The van der Waals surface area contributed by atoms with Gasteiger partial charge in [-0.3, -0.25) is 0 Å². The van der Waals surface area contributed by atoms with Crippen LogP contribution in [0.5, 0.6) is 0 Å². The second-order valence-electron chi connectivity index (χ2n) is 4.16. The normalized spacial score (nSPS) is 12.4. The Balaban J connectivity index is 3.22. The van der Waals surface area contributed by atoms with Crippen molar-refractivity contribution in [2.45, 2.75) is 31.7 Å². The van der Waals surface area contributed by atoms with E-state index in [1.54, 1.807) is 25.1 Å². The molecule has 0 aliphatic rings. The van der Waals surface area contributed by atoms with Gasteiger partial charge in [-0.15, -0.1) is 11.6 Å². The molecule has 3 nitrogen and oxygen atoms in total. The molecule has 96 valence electrons. The molecule has 0 spiro atoms. The van der Waals surface area contributed by atoms with Crippen molar-refractivity contribution >= 4 is 21.6 Å². The quantitative estimate of drug-likeness (QED) is 0.775. The molecule has 5 heteroatoms. The molecule has 0 bridgehead atoms. The molecular formula is C12H18ClNO2S. The van der Waals surface area contributed by atoms with Gasteiger partial charge in [-0.2, -0.15) is 4.31 Å². The molecule has 0 fully saturated rings. The van der Waals surface area contributed by atoms with E-state index in [2.05, 4.69) is 0 Å². The molecule has 1 aromatic rings. The largest absolute Gasteiger partial charge is 0.243 e. The Morgan fingerprint density at radius 2 is 1.88 bits per heavy atom. The molecule has 0 unspecified atom stereocenters. The third-order valence-electron chi connectivity index (χ3n) is 2.56. The number of halogens is 1. The highest BCUT2D eigenvalue weighted by molar-refractivity contribution is 7.89. The molecule has 0 saturated carbocycles. The fourth-order valence-corrected chi connectivity index (χ4v) is 3.86. The summed E-state index contributed by atoms with van der Waals surface area (Å²) in [5, 5.41) is 0. The zero-order valence-corrected chi connectivity index (χ0v) is 11.9. The van der Waals surface area contributed by atoms with Crippen molar-refractivity contribution in [3.63, 3.8) is 0 Å². The maximum absolute atomic E-state index is 12.5. The van der Waals surface area contributed by atoms with Crippen LogP contribution in [0.25, 0.3) is 0 Å². The summed E-state index contributed by atoms with van der Waals surface area (Å²) < 4.78 is 26.3. The Morgan fingerprint density at radius 3 is 2.35 bits per heavy atom. The SMILES string of the molecule is Cc1ccccc1S(=O)(=O)N(CCCl)C(C)C. The third kappa shape index (κ3) is 3.21. The van der Waals surface area contributed by atoms with E-state index < -0.39 is 10.0 Å². The van der Waals surface area contributed by atoms with E-state index in [1.165, 1.54) is 4.31 Å². The number of aryl methyl sites for hydroxylation is 1. The molecule has 0 N–H and O–H groups in total. The number of hydrogen-bond acceptors (Lipinski definition) is 2. The molecule has 17 heavy (non-hydrogen) atoms. The van der Waals surface area contributed by atoms with Crippen molar-refractivity contribution in [3.05, 3.63) is 29.8 Å². The van der Waals surface area contributed by atoms with Gasteiger partial charge in [-0.1, -0.05) is 18.2 Å². The Bertz CT molecular complexity index is 471. The van der Waals surface area contributed by atoms with Crippen LogP contribution in [0.1, 0.15) is 19.4 Å². The summed E-state index contributed by atoms with van der Waals surface area (Å²) in [4.78, 5) is 0.360. The van der Waals surface area contributed by atoms with Gasteiger partial charge in [-0.25, -0.2) is 8.42 Å². The van der Waals surface area contributed by atoms with Gasteiger partial charge >= 0.3 is 0 Å². The Labute approximate surface area is 108 Å². The first-order valence-corrected chi connectivity index (χ1v) is 7.52. The molecule has 1 aromatic carbocycles. The Hall–Kier alpha value is -0.580. The van der Waals surface area contributed by atoms with Crippen LogP contribution in [0.15, 0.2) is 29.2 Å². The van der Waals surface area contributed by atoms with Gasteiger partial charge in [0.25, 0.3) is 0 Å². The number of hydrogen-bond donors (Lipinski definition) is 0. The van der Waals surface area contributed by atoms with Gasteiger partial charge in [0.2, 0.25) is 10.0 Å². The fraction of sp³-hybridized carbons (Fsp3) is 0.500. The number of benzene rings is 1. The molecule has 0 radical (unpaired) electrons. The minimum absolute atomic E-state index is 0.0987. The Kier molecular flexibility index (Phi) is 4.98. The summed E-state index contributed by atoms with van der Waals surface area (Å²) in [6.07, 6.45) is 0. The lowest BCUT2D eigenvalue weighted by Gasteiger charge is -2.25. The molecule has 0 saturated heterocycles. The highest BCUT2D eigenvalue weighted by Gasteiger charge is 2.27. The second-order valence-corrected chi connectivity index (χ2v) is 6.40. The van der Waals surface area contributed by atoms with Crippen LogP contribution in [0.4, 0.5) is 0 Å². The molecule has 0 atom stereocenters. The highest BCUT2D eigenvalue weighted by atomic mass is 35.5. The summed E-state index contributed by atoms with van der Waals surface area (Å²) in [6, 6.07) is 6.90. The molecule has 0 aliphatic heterocycles. The number of nitrogens with zero attached hydrogens (tertiary/aromatic N) is 1. The lowest BCUT2D eigenvalue weighted by molar-refractivity contribution is 0.370. The van der Waals surface area contributed by atoms with Crippen molar-refractivity contribution in [2.24, 2.45) is 0 Å². The van der Waals surface area contributed by atoms with Gasteiger partial charge in [0, 0.05) is 18.5 Å². The topological polar surface area (TPSA) is 37.4 Å². The predicted molar refractivity (Wildman–Crippen MR) is 70.9 cm³/mol. The minimum atomic E-state index is -3.44. The van der Waals surface area contributed by atoms with Gasteiger partial charge in [0.05, 0.1) is 4.90 Å². The van der Waals surface area contributed by atoms with E-state index in [9.17, 15) is 8.42 Å². The maximum Gasteiger partial charge on any atom is 0.243 e. The third-order valence-corrected chi connectivity index (χ3v) is 4.97. The van der Waals surface area contributed by atoms with Crippen LogP contribution in [0, 0.1) is 6.92 Å². The van der Waals surface area contributed by atoms with Crippen molar-refractivity contribution in [2.75, 3.05) is 12.4 Å². The van der Waals surface area contributed by atoms with E-state index in [0.717, 1.165) is 5.56 Å². The first-order valence-electron chi connectivity index (χ1n) is 5.54. The van der Waals surface area contributed by atoms with Crippen molar-refractivity contribution < 1.29 is 8.42 Å². The fourth-order valence-electron chi connectivity index (χ4n) is 1.71. The van der Waals surface area contributed by atoms with E-state index in [1.807, 2.05) is 19.9 Å². The second kappa shape index (κ2) is 5.85. The zero-order chi connectivity index (χ0) is 13.1. The first-order chi connectivity index (χ1) is 7.91. The van der Waals surface area contributed by atoms with E-state index in [-0.39, 0.29) is 6.04 Å². The summed E-state index contributed by atoms with van der Waals surface area (Å²) in [7, 11) is -3.44. The van der Waals surface area contributed by atoms with Crippen LogP contribution in [-0.4, -0.2) is 31.2 Å². The molecule has 0 heterocycles. The Morgan fingerprint density at radius 1 is 1.29 bits per heavy atom. The minimum Gasteiger partial charge on any atom is -0.207 e. The summed E-state index contributed by atoms with van der Waals surface area (Å²) in [5.41, 5.74) is 0.757. The van der Waals surface area contributed by atoms with Crippen LogP contribution in [0.2, 0.25) is 0 Å². The van der Waals surface area contributed by atoms with Crippen LogP contribution >= 0.6 is 11.6 Å². The molecule has 0 amide bonds. The summed E-state index contributed by atoms with van der Waals surface area (Å²) in [6.45, 7) is 5.83. The smallest absolute Gasteiger partial charge is 0.207 e. The molecule has 1 rings (SSSR count). The van der Waals surface area contributed by atoms with Crippen LogP contribution in [0.3, 0.4) is 0 Å². The zero-order valence-electron chi connectivity index (χ0n) is 10.4. The van der Waals surface area contributed by atoms with Crippen LogP contribution < -0.4 is 0 Å². The van der Waals surface area contributed by atoms with E-state index >= 15 is 0 Å². The lowest BCUT2D eigenvalue weighted by atomic mass is 10.2. The monoisotopic (exact) mass is 275 g/mol. The summed E-state index contributed by atoms with van der Waals surface area (Å²) in [5.74, 6) is 0.295. The van der Waals surface area contributed by atoms with E-state index in [0.29, 0.717) is 17.3 Å². The number of rotatable bonds is 5. The van der Waals surface area contributed by atoms with Crippen molar-refractivity contribution in [1.82, 2.24) is 4.31 Å². The maximum atomic E-state index is 12.5. The van der Waals surface area contributed by atoms with E-state index in [4.69, 9.17) is 11.6 Å². The first kappa shape index (κ1) is 14.5. The number of sulfonamides is 1. The average molecular weight is 276 g/mol. The van der Waals surface area contributed by atoms with Gasteiger partial charge in [0.15, 0.2) is 0 Å². The number of alkyl halides is 1. The molecular weight excluding hydrogens is 258 g/mol. The van der Waals surface area contributed by atoms with Crippen LogP contribution in [-0.2, 0) is 10.0 Å². The highest BCUT2D eigenvalue weighted by Crippen LogP contribution is 2.21. The predicted octanol–water partition coefficient (Wildman–Crippen LogP) is 2.63. The molecule has 0 aliphatic carbocycles. The van der Waals surface area contributed by atoms with Crippen molar-refractivity contribution in [1.29, 1.82) is 0 Å². The summed E-state index contributed by atoms with van der Waals surface area (Å²) >= 11 is 5.67. The molecule has 0 aromatic heterocycles. The average Bonchev–Trinajstić information content (AvgIpc) is 2.25. The lowest BCUT2D eigenvalue weighted by Crippen LogP contribution is -2.38.